The summed E-state index contributed by atoms with van der Waals surface area (Å²) in [5, 5.41) is 0. The summed E-state index contributed by atoms with van der Waals surface area (Å²) in [6.07, 6.45) is -0.916. The maximum Gasteiger partial charge on any atom is 0.251 e. The summed E-state index contributed by atoms with van der Waals surface area (Å²) in [5.41, 5.74) is 0. The fourth-order valence-corrected chi connectivity index (χ4v) is 2.05. The van der Waals surface area contributed by atoms with Crippen LogP contribution in [0.3, 0.4) is 0 Å². The molecular formula is C8H16ClF2NO2S. The molecule has 0 aromatic heterocycles. The van der Waals surface area contributed by atoms with Gasteiger partial charge in [-0.05, 0) is 13.0 Å². The van der Waals surface area contributed by atoms with Gasteiger partial charge in [-0.3, -0.25) is 4.90 Å². The van der Waals surface area contributed by atoms with Crippen LogP contribution < -0.4 is 0 Å². The third-order valence-corrected chi connectivity index (χ3v) is 2.99. The predicted octanol–water partition coefficient (Wildman–Crippen LogP) is 1.23. The van der Waals surface area contributed by atoms with Crippen LogP contribution in [0.2, 0.25) is 0 Å². The van der Waals surface area contributed by atoms with Gasteiger partial charge in [0.15, 0.2) is 0 Å². The molecule has 0 aromatic carbocycles. The fourth-order valence-electron chi connectivity index (χ4n) is 1.16. The van der Waals surface area contributed by atoms with Crippen molar-refractivity contribution in [2.75, 3.05) is 37.5 Å². The maximum atomic E-state index is 12.1. The molecule has 0 aromatic rings. The SMILES string of the molecule is CS(=O)(=O)CCCN(CCCl)CC(F)F. The van der Waals surface area contributed by atoms with Crippen LogP contribution >= 0.6 is 11.6 Å². The highest BCUT2D eigenvalue weighted by Gasteiger charge is 2.12. The second-order valence-electron chi connectivity index (χ2n) is 3.36. The Morgan fingerprint density at radius 1 is 1.33 bits per heavy atom. The molecular weight excluding hydrogens is 248 g/mol. The zero-order valence-corrected chi connectivity index (χ0v) is 10.2. The molecule has 0 aliphatic heterocycles. The third-order valence-electron chi connectivity index (χ3n) is 1.79. The first-order valence-corrected chi connectivity index (χ1v) is 7.19. The van der Waals surface area contributed by atoms with Gasteiger partial charge in [-0.1, -0.05) is 0 Å². The van der Waals surface area contributed by atoms with Gasteiger partial charge in [-0.15, -0.1) is 11.6 Å². The van der Waals surface area contributed by atoms with Crippen LogP contribution in [0.5, 0.6) is 0 Å². The summed E-state index contributed by atoms with van der Waals surface area (Å²) in [4.78, 5) is 1.48. The minimum Gasteiger partial charge on any atom is -0.297 e. The minimum atomic E-state index is -3.01. The molecule has 0 unspecified atom stereocenters. The van der Waals surface area contributed by atoms with E-state index in [4.69, 9.17) is 11.6 Å². The van der Waals surface area contributed by atoms with E-state index in [-0.39, 0.29) is 18.2 Å². The van der Waals surface area contributed by atoms with Crippen LogP contribution in [-0.4, -0.2) is 57.3 Å². The van der Waals surface area contributed by atoms with Gasteiger partial charge in [-0.2, -0.15) is 0 Å². The van der Waals surface area contributed by atoms with Gasteiger partial charge in [0.2, 0.25) is 0 Å². The number of rotatable bonds is 8. The maximum absolute atomic E-state index is 12.1. The summed E-state index contributed by atoms with van der Waals surface area (Å²) in [6, 6.07) is 0. The quantitative estimate of drug-likeness (QED) is 0.618. The largest absolute Gasteiger partial charge is 0.297 e. The van der Waals surface area contributed by atoms with Gasteiger partial charge < -0.3 is 0 Å². The molecule has 3 nitrogen and oxygen atoms in total. The monoisotopic (exact) mass is 263 g/mol. The lowest BCUT2D eigenvalue weighted by atomic mass is 10.4. The van der Waals surface area contributed by atoms with Crippen molar-refractivity contribution in [3.8, 4) is 0 Å². The first-order valence-electron chi connectivity index (χ1n) is 4.59. The average molecular weight is 264 g/mol. The van der Waals surface area contributed by atoms with Crippen LogP contribution in [0.4, 0.5) is 8.78 Å². The van der Waals surface area contributed by atoms with Crippen molar-refractivity contribution in [3.63, 3.8) is 0 Å². The van der Waals surface area contributed by atoms with Crippen molar-refractivity contribution < 1.29 is 17.2 Å². The number of sulfone groups is 1. The molecule has 0 atom stereocenters. The second-order valence-corrected chi connectivity index (χ2v) is 6.00. The van der Waals surface area contributed by atoms with Gasteiger partial charge in [0.25, 0.3) is 6.43 Å². The van der Waals surface area contributed by atoms with Crippen molar-refractivity contribution in [2.45, 2.75) is 12.8 Å². The van der Waals surface area contributed by atoms with Crippen molar-refractivity contribution in [1.82, 2.24) is 4.90 Å². The molecule has 15 heavy (non-hydrogen) atoms. The number of nitrogens with zero attached hydrogens (tertiary/aromatic N) is 1. The molecule has 0 saturated heterocycles. The van der Waals surface area contributed by atoms with Crippen molar-refractivity contribution in [1.29, 1.82) is 0 Å². The lowest BCUT2D eigenvalue weighted by Gasteiger charge is -2.20. The van der Waals surface area contributed by atoms with Gasteiger partial charge in [-0.25, -0.2) is 17.2 Å². The van der Waals surface area contributed by atoms with Crippen molar-refractivity contribution in [2.24, 2.45) is 0 Å². The minimum absolute atomic E-state index is 0.0228. The highest BCUT2D eigenvalue weighted by Crippen LogP contribution is 2.01. The normalized spacial score (nSPS) is 12.7. The van der Waals surface area contributed by atoms with E-state index in [0.29, 0.717) is 19.5 Å². The third kappa shape index (κ3) is 10.3. The highest BCUT2D eigenvalue weighted by atomic mass is 35.5. The van der Waals surface area contributed by atoms with Crippen LogP contribution in [0.1, 0.15) is 6.42 Å². The number of hydrogen-bond donors (Lipinski definition) is 0. The molecule has 0 heterocycles. The molecule has 0 aliphatic carbocycles. The van der Waals surface area contributed by atoms with E-state index in [2.05, 4.69) is 0 Å². The van der Waals surface area contributed by atoms with E-state index in [0.717, 1.165) is 6.26 Å². The molecule has 0 aliphatic rings. The molecule has 0 saturated carbocycles. The van der Waals surface area contributed by atoms with Crippen molar-refractivity contribution in [3.05, 3.63) is 0 Å². The summed E-state index contributed by atoms with van der Waals surface area (Å²) in [6.45, 7) is 0.344. The molecule has 92 valence electrons. The van der Waals surface area contributed by atoms with Crippen molar-refractivity contribution >= 4 is 21.4 Å². The van der Waals surface area contributed by atoms with Gasteiger partial charge in [0.1, 0.15) is 9.84 Å². The van der Waals surface area contributed by atoms with Gasteiger partial charge in [0.05, 0.1) is 12.3 Å². The van der Waals surface area contributed by atoms with Gasteiger partial charge in [0, 0.05) is 18.7 Å². The Hall–Kier alpha value is 0.0600. The van der Waals surface area contributed by atoms with E-state index in [1.807, 2.05) is 0 Å². The number of halogens is 3. The Bertz CT molecular complexity index is 259. The van der Waals surface area contributed by atoms with Crippen LogP contribution in [0.25, 0.3) is 0 Å². The summed E-state index contributed by atoms with van der Waals surface area (Å²) >= 11 is 5.44. The van der Waals surface area contributed by atoms with E-state index in [1.165, 1.54) is 4.90 Å². The Morgan fingerprint density at radius 2 is 1.93 bits per heavy atom. The number of alkyl halides is 3. The van der Waals surface area contributed by atoms with E-state index >= 15 is 0 Å². The topological polar surface area (TPSA) is 37.4 Å². The average Bonchev–Trinajstić information content (AvgIpc) is 2.00. The number of hydrogen-bond acceptors (Lipinski definition) is 3. The van der Waals surface area contributed by atoms with Gasteiger partial charge >= 0.3 is 0 Å². The lowest BCUT2D eigenvalue weighted by Crippen LogP contribution is -2.32. The first-order chi connectivity index (χ1) is 6.85. The molecule has 0 fully saturated rings. The molecule has 7 heteroatoms. The van der Waals surface area contributed by atoms with E-state index < -0.39 is 16.3 Å². The van der Waals surface area contributed by atoms with E-state index in [1.54, 1.807) is 0 Å². The molecule has 0 amide bonds. The predicted molar refractivity (Wildman–Crippen MR) is 57.5 cm³/mol. The molecule has 0 N–H and O–H groups in total. The summed E-state index contributed by atoms with van der Waals surface area (Å²) < 4.78 is 45.7. The molecule has 0 spiro atoms. The first kappa shape index (κ1) is 15.1. The zero-order valence-electron chi connectivity index (χ0n) is 8.63. The zero-order chi connectivity index (χ0) is 11.9. The second kappa shape index (κ2) is 7.35. The van der Waals surface area contributed by atoms with Crippen LogP contribution in [0, 0.1) is 0 Å². The van der Waals surface area contributed by atoms with E-state index in [9.17, 15) is 17.2 Å². The lowest BCUT2D eigenvalue weighted by molar-refractivity contribution is 0.0913. The van der Waals surface area contributed by atoms with Crippen LogP contribution in [0.15, 0.2) is 0 Å². The summed E-state index contributed by atoms with van der Waals surface area (Å²) in [7, 11) is -3.01. The molecule has 0 radical (unpaired) electrons. The summed E-state index contributed by atoms with van der Waals surface area (Å²) in [5.74, 6) is 0.292. The molecule has 0 rings (SSSR count). The Balaban J connectivity index is 3.85. The van der Waals surface area contributed by atoms with Crippen LogP contribution in [-0.2, 0) is 9.84 Å². The Labute approximate surface area is 94.3 Å². The molecule has 0 bridgehead atoms. The Kier molecular flexibility index (Phi) is 7.38. The smallest absolute Gasteiger partial charge is 0.251 e. The highest BCUT2D eigenvalue weighted by molar-refractivity contribution is 7.90. The standard InChI is InChI=1S/C8H16ClF2NO2S/c1-15(13,14)6-2-4-12(5-3-9)7-8(10)11/h8H,2-7H2,1H3. The fraction of sp³-hybridized carbons (Fsp3) is 1.00. The Morgan fingerprint density at radius 3 is 2.33 bits per heavy atom.